The number of hydrogen-bond acceptors (Lipinski definition) is 4. The molecule has 0 atom stereocenters. The number of amides is 1. The van der Waals surface area contributed by atoms with E-state index in [1.807, 2.05) is 32.7 Å². The largest absolute Gasteiger partial charge is 0.444 e. The van der Waals surface area contributed by atoms with E-state index in [-0.39, 0.29) is 36.1 Å². The van der Waals surface area contributed by atoms with Gasteiger partial charge in [-0.25, -0.2) is 4.79 Å². The van der Waals surface area contributed by atoms with Crippen LogP contribution in [-0.4, -0.2) is 67.3 Å². The SMILES string of the molecule is CN=C(NCc1ccc(COC)cc1)N1CCC(N(CC2CC2)C(=O)OC(C)(C)C)CC1.I. The van der Waals surface area contributed by atoms with E-state index in [0.717, 1.165) is 45.0 Å². The van der Waals surface area contributed by atoms with Crippen LogP contribution in [0.5, 0.6) is 0 Å². The van der Waals surface area contributed by atoms with Crippen LogP contribution in [0.3, 0.4) is 0 Å². The molecule has 1 saturated heterocycles. The number of carbonyl (C=O) groups is 1. The highest BCUT2D eigenvalue weighted by Gasteiger charge is 2.35. The molecule has 2 aliphatic rings. The number of methoxy groups -OCH3 is 1. The van der Waals surface area contributed by atoms with Crippen molar-refractivity contribution in [1.82, 2.24) is 15.1 Å². The third-order valence-corrected chi connectivity index (χ3v) is 5.98. The Bertz CT molecular complexity index is 767. The van der Waals surface area contributed by atoms with E-state index in [9.17, 15) is 4.79 Å². The van der Waals surface area contributed by atoms with Gasteiger partial charge in [0, 0.05) is 46.4 Å². The first kappa shape index (κ1) is 27.7. The zero-order chi connectivity index (χ0) is 23.1. The summed E-state index contributed by atoms with van der Waals surface area (Å²) in [5, 5.41) is 3.49. The number of halogens is 1. The highest BCUT2D eigenvalue weighted by molar-refractivity contribution is 14.0. The molecule has 0 bridgehead atoms. The number of likely N-dealkylation sites (tertiary alicyclic amines) is 1. The first-order valence-corrected chi connectivity index (χ1v) is 11.8. The smallest absolute Gasteiger partial charge is 0.410 e. The van der Waals surface area contributed by atoms with Crippen LogP contribution in [-0.2, 0) is 22.6 Å². The van der Waals surface area contributed by atoms with Gasteiger partial charge in [0.2, 0.25) is 0 Å². The van der Waals surface area contributed by atoms with Gasteiger partial charge in [0.15, 0.2) is 5.96 Å². The number of hydrogen-bond donors (Lipinski definition) is 1. The lowest BCUT2D eigenvalue weighted by molar-refractivity contribution is 0.00928. The van der Waals surface area contributed by atoms with E-state index < -0.39 is 5.60 Å². The number of nitrogens with one attached hydrogen (secondary N) is 1. The van der Waals surface area contributed by atoms with Crippen LogP contribution >= 0.6 is 24.0 Å². The topological polar surface area (TPSA) is 66.4 Å². The van der Waals surface area contributed by atoms with Crippen LogP contribution < -0.4 is 5.32 Å². The Hall–Kier alpha value is -1.55. The molecule has 33 heavy (non-hydrogen) atoms. The van der Waals surface area contributed by atoms with Crippen molar-refractivity contribution in [3.8, 4) is 0 Å². The molecule has 0 unspecified atom stereocenters. The van der Waals surface area contributed by atoms with E-state index >= 15 is 0 Å². The number of aliphatic imine (C=N–C) groups is 1. The molecule has 1 heterocycles. The second-order valence-corrected chi connectivity index (χ2v) is 9.94. The van der Waals surface area contributed by atoms with E-state index in [2.05, 4.69) is 39.5 Å². The summed E-state index contributed by atoms with van der Waals surface area (Å²) in [6.45, 7) is 9.74. The predicted octanol–water partition coefficient (Wildman–Crippen LogP) is 4.64. The number of ether oxygens (including phenoxy) is 2. The highest BCUT2D eigenvalue weighted by Crippen LogP contribution is 2.32. The van der Waals surface area contributed by atoms with E-state index in [1.165, 1.54) is 24.0 Å². The molecular formula is C25H41IN4O3. The van der Waals surface area contributed by atoms with Gasteiger partial charge in [0.25, 0.3) is 0 Å². The van der Waals surface area contributed by atoms with Crippen LogP contribution in [0.4, 0.5) is 4.79 Å². The fourth-order valence-electron chi connectivity index (χ4n) is 4.09. The van der Waals surface area contributed by atoms with Gasteiger partial charge in [0.1, 0.15) is 5.60 Å². The Morgan fingerprint density at radius 3 is 2.24 bits per heavy atom. The molecule has 3 rings (SSSR count). The fraction of sp³-hybridized carbons (Fsp3) is 0.680. The Kier molecular flexibility index (Phi) is 10.7. The van der Waals surface area contributed by atoms with Crippen molar-refractivity contribution in [3.63, 3.8) is 0 Å². The normalized spacial score (nSPS) is 17.4. The summed E-state index contributed by atoms with van der Waals surface area (Å²) in [5.74, 6) is 1.56. The molecule has 0 spiro atoms. The number of carbonyl (C=O) groups excluding carboxylic acids is 1. The minimum absolute atomic E-state index is 0. The van der Waals surface area contributed by atoms with Crippen LogP contribution in [0.15, 0.2) is 29.3 Å². The molecule has 0 aromatic heterocycles. The third-order valence-electron chi connectivity index (χ3n) is 5.98. The lowest BCUT2D eigenvalue weighted by Gasteiger charge is -2.40. The monoisotopic (exact) mass is 572 g/mol. The molecule has 0 radical (unpaired) electrons. The molecule has 1 aliphatic heterocycles. The maximum absolute atomic E-state index is 12.9. The third kappa shape index (κ3) is 8.96. The highest BCUT2D eigenvalue weighted by atomic mass is 127. The van der Waals surface area contributed by atoms with Gasteiger partial charge < -0.3 is 24.6 Å². The number of piperidine rings is 1. The van der Waals surface area contributed by atoms with Gasteiger partial charge in [-0.15, -0.1) is 24.0 Å². The molecule has 1 aliphatic carbocycles. The number of nitrogens with zero attached hydrogens (tertiary/aromatic N) is 3. The lowest BCUT2D eigenvalue weighted by atomic mass is 10.0. The Labute approximate surface area is 216 Å². The van der Waals surface area contributed by atoms with Gasteiger partial charge >= 0.3 is 6.09 Å². The van der Waals surface area contributed by atoms with Gasteiger partial charge in [-0.3, -0.25) is 4.99 Å². The second-order valence-electron chi connectivity index (χ2n) is 9.94. The van der Waals surface area contributed by atoms with Crippen LogP contribution in [0.2, 0.25) is 0 Å². The summed E-state index contributed by atoms with van der Waals surface area (Å²) in [6, 6.07) is 8.67. The first-order valence-electron chi connectivity index (χ1n) is 11.8. The van der Waals surface area contributed by atoms with Crippen LogP contribution in [0, 0.1) is 5.92 Å². The van der Waals surface area contributed by atoms with Gasteiger partial charge in [-0.05, 0) is 63.5 Å². The Balaban J connectivity index is 0.00000385. The Morgan fingerprint density at radius 1 is 1.12 bits per heavy atom. The van der Waals surface area contributed by atoms with Crippen LogP contribution in [0.1, 0.15) is 57.6 Å². The predicted molar refractivity (Wildman–Crippen MR) is 143 cm³/mol. The molecule has 1 saturated carbocycles. The quantitative estimate of drug-likeness (QED) is 0.293. The number of rotatable bonds is 7. The zero-order valence-corrected chi connectivity index (χ0v) is 23.1. The van der Waals surface area contributed by atoms with Crippen LogP contribution in [0.25, 0.3) is 0 Å². The summed E-state index contributed by atoms with van der Waals surface area (Å²) in [7, 11) is 3.54. The van der Waals surface area contributed by atoms with E-state index in [0.29, 0.717) is 12.5 Å². The molecule has 1 aromatic rings. The minimum Gasteiger partial charge on any atom is -0.444 e. The van der Waals surface area contributed by atoms with Crippen molar-refractivity contribution in [2.45, 2.75) is 71.2 Å². The summed E-state index contributed by atoms with van der Waals surface area (Å²) in [4.78, 5) is 21.6. The summed E-state index contributed by atoms with van der Waals surface area (Å²) in [6.07, 6.45) is 4.14. The van der Waals surface area contributed by atoms with Gasteiger partial charge in [-0.2, -0.15) is 0 Å². The molecule has 1 N–H and O–H groups in total. The van der Waals surface area contributed by atoms with E-state index in [4.69, 9.17) is 9.47 Å². The Morgan fingerprint density at radius 2 is 1.73 bits per heavy atom. The first-order chi connectivity index (χ1) is 15.3. The molecule has 2 fully saturated rings. The van der Waals surface area contributed by atoms with Crippen molar-refractivity contribution < 1.29 is 14.3 Å². The molecule has 8 heteroatoms. The van der Waals surface area contributed by atoms with Crippen molar-refractivity contribution >= 4 is 36.0 Å². The maximum Gasteiger partial charge on any atom is 0.410 e. The fourth-order valence-corrected chi connectivity index (χ4v) is 4.09. The average Bonchev–Trinajstić information content (AvgIpc) is 3.57. The zero-order valence-electron chi connectivity index (χ0n) is 20.8. The number of benzene rings is 1. The van der Waals surface area contributed by atoms with Crippen molar-refractivity contribution in [2.24, 2.45) is 10.9 Å². The molecule has 7 nitrogen and oxygen atoms in total. The van der Waals surface area contributed by atoms with E-state index in [1.54, 1.807) is 7.11 Å². The molecular weight excluding hydrogens is 531 g/mol. The van der Waals surface area contributed by atoms with Gasteiger partial charge in [-0.1, -0.05) is 24.3 Å². The second kappa shape index (κ2) is 12.8. The molecule has 1 amide bonds. The molecule has 186 valence electrons. The molecule has 1 aromatic carbocycles. The van der Waals surface area contributed by atoms with Crippen molar-refractivity contribution in [2.75, 3.05) is 33.8 Å². The lowest BCUT2D eigenvalue weighted by Crippen LogP contribution is -2.52. The summed E-state index contributed by atoms with van der Waals surface area (Å²) < 4.78 is 10.9. The number of guanidine groups is 1. The maximum atomic E-state index is 12.9. The standard InChI is InChI=1S/C25H40N4O3.HI/c1-25(2,3)32-24(30)29(17-20-8-9-20)22-12-14-28(15-13-22)23(26-4)27-16-19-6-10-21(11-7-19)18-31-5;/h6-7,10-11,20,22H,8-9,12-18H2,1-5H3,(H,26,27);1H. The van der Waals surface area contributed by atoms with Crippen molar-refractivity contribution in [3.05, 3.63) is 35.4 Å². The summed E-state index contributed by atoms with van der Waals surface area (Å²) in [5.41, 5.74) is 1.91. The summed E-state index contributed by atoms with van der Waals surface area (Å²) >= 11 is 0. The van der Waals surface area contributed by atoms with Gasteiger partial charge in [0.05, 0.1) is 6.61 Å². The minimum atomic E-state index is -0.465. The average molecular weight is 573 g/mol. The van der Waals surface area contributed by atoms with Crippen molar-refractivity contribution in [1.29, 1.82) is 0 Å².